The van der Waals surface area contributed by atoms with Crippen LogP contribution >= 0.6 is 0 Å². The molecule has 5 rings (SSSR count). The highest BCUT2D eigenvalue weighted by Crippen LogP contribution is 2.30. The van der Waals surface area contributed by atoms with Gasteiger partial charge < -0.3 is 31.1 Å². The number of benzene rings is 2. The summed E-state index contributed by atoms with van der Waals surface area (Å²) in [5.74, 6) is -5.57. The van der Waals surface area contributed by atoms with Crippen molar-refractivity contribution in [2.75, 3.05) is 6.54 Å². The first kappa shape index (κ1) is 39.0. The van der Waals surface area contributed by atoms with Crippen LogP contribution in [0.1, 0.15) is 36.9 Å². The Bertz CT molecular complexity index is 1690. The van der Waals surface area contributed by atoms with E-state index in [0.717, 1.165) is 29.6 Å². The lowest BCUT2D eigenvalue weighted by Crippen LogP contribution is -2.53. The number of aliphatic carboxylic acids is 2. The van der Waals surface area contributed by atoms with Gasteiger partial charge >= 0.3 is 24.3 Å². The number of alkyl halides is 6. The van der Waals surface area contributed by atoms with Gasteiger partial charge in [-0.1, -0.05) is 54.6 Å². The SMILES string of the molecule is C[C@H](NC(=O)[C@H]1C[C@@H](c2ccc(-c3ccccc3)cc2)CCN1)C(=O)NCc1cc2cnccc2[nH]1.O=C(O)C(F)(F)F.O=C(O)C(F)(F)F. The van der Waals surface area contributed by atoms with Crippen LogP contribution in [0.4, 0.5) is 26.3 Å². The molecule has 0 aliphatic carbocycles. The summed E-state index contributed by atoms with van der Waals surface area (Å²) in [7, 11) is 0. The molecule has 268 valence electrons. The van der Waals surface area contributed by atoms with Crippen molar-refractivity contribution < 1.29 is 55.7 Å². The lowest BCUT2D eigenvalue weighted by Gasteiger charge is -2.30. The van der Waals surface area contributed by atoms with E-state index < -0.39 is 30.3 Å². The molecule has 1 saturated heterocycles. The number of hydrogen-bond donors (Lipinski definition) is 6. The minimum Gasteiger partial charge on any atom is -0.475 e. The van der Waals surface area contributed by atoms with Crippen molar-refractivity contribution in [2.45, 2.75) is 56.7 Å². The van der Waals surface area contributed by atoms with Gasteiger partial charge in [0.15, 0.2) is 0 Å². The number of amides is 2. The number of fused-ring (bicyclic) bond motifs is 1. The number of carboxylic acid groups (broad SMARTS) is 2. The Morgan fingerprint density at radius 2 is 1.48 bits per heavy atom. The number of H-pyrrole nitrogens is 1. The second-order valence-corrected chi connectivity index (χ2v) is 11.0. The molecular weight excluding hydrogens is 676 g/mol. The van der Waals surface area contributed by atoms with Gasteiger partial charge in [-0.05, 0) is 61.1 Å². The molecular formula is C33H33F6N5O6. The van der Waals surface area contributed by atoms with Crippen molar-refractivity contribution in [3.05, 3.63) is 90.4 Å². The molecule has 3 atom stereocenters. The molecule has 0 bridgehead atoms. The summed E-state index contributed by atoms with van der Waals surface area (Å²) in [6.45, 7) is 2.83. The van der Waals surface area contributed by atoms with E-state index in [1.165, 1.54) is 16.7 Å². The number of carboxylic acids is 2. The molecule has 50 heavy (non-hydrogen) atoms. The lowest BCUT2D eigenvalue weighted by molar-refractivity contribution is -0.193. The average molecular weight is 710 g/mol. The molecule has 3 heterocycles. The summed E-state index contributed by atoms with van der Waals surface area (Å²) in [6, 6.07) is 21.9. The zero-order valence-electron chi connectivity index (χ0n) is 26.3. The third kappa shape index (κ3) is 11.9. The van der Waals surface area contributed by atoms with Gasteiger partial charge in [0.25, 0.3) is 0 Å². The van der Waals surface area contributed by atoms with Crippen molar-refractivity contribution in [2.24, 2.45) is 0 Å². The minimum absolute atomic E-state index is 0.139. The van der Waals surface area contributed by atoms with Crippen molar-refractivity contribution in [3.63, 3.8) is 0 Å². The number of aromatic amines is 1. The maximum atomic E-state index is 13.0. The monoisotopic (exact) mass is 709 g/mol. The van der Waals surface area contributed by atoms with Gasteiger partial charge in [0.1, 0.15) is 6.04 Å². The highest BCUT2D eigenvalue weighted by Gasteiger charge is 2.39. The third-order valence-electron chi connectivity index (χ3n) is 7.38. The summed E-state index contributed by atoms with van der Waals surface area (Å²) in [4.78, 5) is 50.7. The van der Waals surface area contributed by atoms with Gasteiger partial charge in [-0.15, -0.1) is 0 Å². The second kappa shape index (κ2) is 17.3. The molecule has 1 aliphatic rings. The summed E-state index contributed by atoms with van der Waals surface area (Å²) in [6.07, 6.45) is -4.98. The number of aromatic nitrogens is 2. The minimum atomic E-state index is -5.08. The number of carbonyl (C=O) groups excluding carboxylic acids is 2. The van der Waals surface area contributed by atoms with Crippen LogP contribution in [0.3, 0.4) is 0 Å². The standard InChI is InChI=1S/C29H31N5O2.2C2HF3O2/c1-19(28(35)32-18-25-15-24-17-30-13-12-26(24)34-25)33-29(36)27-16-23(11-14-31-27)22-9-7-21(8-10-22)20-5-3-2-4-6-20;2*3-2(4,5)1(6)7/h2-10,12-13,15,17,19,23,27,31,34H,11,14,16,18H2,1H3,(H,32,35)(H,33,36);2*(H,6,7)/t19-,23-,27+;;/m0../s1. The molecule has 2 aromatic heterocycles. The number of rotatable bonds is 7. The first-order valence-electron chi connectivity index (χ1n) is 14.9. The van der Waals surface area contributed by atoms with Crippen LogP contribution in [0.25, 0.3) is 22.0 Å². The molecule has 4 aromatic rings. The highest BCUT2D eigenvalue weighted by molar-refractivity contribution is 5.89. The van der Waals surface area contributed by atoms with Crippen LogP contribution in [0.2, 0.25) is 0 Å². The Hall–Kier alpha value is -5.45. The molecule has 2 amide bonds. The van der Waals surface area contributed by atoms with Crippen molar-refractivity contribution in [3.8, 4) is 11.1 Å². The fraction of sp³-hybridized carbons (Fsp3) is 0.303. The van der Waals surface area contributed by atoms with Crippen LogP contribution in [0.5, 0.6) is 0 Å². The fourth-order valence-corrected chi connectivity index (χ4v) is 4.84. The summed E-state index contributed by atoms with van der Waals surface area (Å²) < 4.78 is 63.5. The molecule has 0 saturated carbocycles. The Labute approximate surface area is 281 Å². The molecule has 11 nitrogen and oxygen atoms in total. The van der Waals surface area contributed by atoms with Crippen LogP contribution in [-0.2, 0) is 25.7 Å². The maximum Gasteiger partial charge on any atom is 0.490 e. The normalized spacial score (nSPS) is 16.5. The molecule has 0 unspecified atom stereocenters. The Morgan fingerprint density at radius 1 is 0.900 bits per heavy atom. The summed E-state index contributed by atoms with van der Waals surface area (Å²) in [5, 5.41) is 24.3. The number of piperidine rings is 1. The van der Waals surface area contributed by atoms with E-state index in [-0.39, 0.29) is 17.9 Å². The number of halogens is 6. The number of carbonyl (C=O) groups is 4. The van der Waals surface area contributed by atoms with Gasteiger partial charge in [-0.2, -0.15) is 26.3 Å². The topological polar surface area (TPSA) is 174 Å². The van der Waals surface area contributed by atoms with Crippen molar-refractivity contribution in [1.29, 1.82) is 0 Å². The zero-order valence-corrected chi connectivity index (χ0v) is 26.3. The second-order valence-electron chi connectivity index (χ2n) is 11.0. The van der Waals surface area contributed by atoms with Crippen LogP contribution in [0, 0.1) is 0 Å². The summed E-state index contributed by atoms with van der Waals surface area (Å²) >= 11 is 0. The van der Waals surface area contributed by atoms with E-state index >= 15 is 0 Å². The van der Waals surface area contributed by atoms with E-state index in [4.69, 9.17) is 19.8 Å². The highest BCUT2D eigenvalue weighted by atomic mass is 19.4. The van der Waals surface area contributed by atoms with Crippen molar-refractivity contribution in [1.82, 2.24) is 25.9 Å². The van der Waals surface area contributed by atoms with Gasteiger partial charge in [-0.3, -0.25) is 14.6 Å². The Kier molecular flexibility index (Phi) is 13.5. The third-order valence-corrected chi connectivity index (χ3v) is 7.38. The number of hydrogen-bond acceptors (Lipinski definition) is 6. The Morgan fingerprint density at radius 3 is 2.04 bits per heavy atom. The number of nitrogens with zero attached hydrogens (tertiary/aromatic N) is 1. The predicted molar refractivity (Wildman–Crippen MR) is 169 cm³/mol. The smallest absolute Gasteiger partial charge is 0.475 e. The zero-order chi connectivity index (χ0) is 37.1. The van der Waals surface area contributed by atoms with Crippen LogP contribution in [-0.4, -0.2) is 74.9 Å². The first-order valence-corrected chi connectivity index (χ1v) is 14.9. The van der Waals surface area contributed by atoms with Crippen molar-refractivity contribution >= 4 is 34.7 Å². The van der Waals surface area contributed by atoms with E-state index in [0.29, 0.717) is 18.9 Å². The summed E-state index contributed by atoms with van der Waals surface area (Å²) in [5.41, 5.74) is 5.49. The van der Waals surface area contributed by atoms with Gasteiger partial charge in [-0.25, -0.2) is 9.59 Å². The molecule has 0 radical (unpaired) electrons. The van der Waals surface area contributed by atoms with Gasteiger partial charge in [0.05, 0.1) is 12.6 Å². The largest absolute Gasteiger partial charge is 0.490 e. The lowest BCUT2D eigenvalue weighted by atomic mass is 9.85. The quantitative estimate of drug-likeness (QED) is 0.143. The van der Waals surface area contributed by atoms with E-state index in [1.807, 2.05) is 30.3 Å². The molecule has 1 aliphatic heterocycles. The van der Waals surface area contributed by atoms with Crippen LogP contribution < -0.4 is 16.0 Å². The fourth-order valence-electron chi connectivity index (χ4n) is 4.84. The van der Waals surface area contributed by atoms with Gasteiger partial charge in [0, 0.05) is 29.0 Å². The molecule has 17 heteroatoms. The number of nitrogens with one attached hydrogen (secondary N) is 4. The van der Waals surface area contributed by atoms with Crippen LogP contribution in [0.15, 0.2) is 79.1 Å². The molecule has 2 aromatic carbocycles. The maximum absolute atomic E-state index is 13.0. The van der Waals surface area contributed by atoms with Gasteiger partial charge in [0.2, 0.25) is 11.8 Å². The first-order chi connectivity index (χ1) is 23.5. The molecule has 1 fully saturated rings. The molecule has 6 N–H and O–H groups in total. The number of pyridine rings is 1. The predicted octanol–water partition coefficient (Wildman–Crippen LogP) is 5.15. The Balaban J connectivity index is 0.000000408. The van der Waals surface area contributed by atoms with E-state index in [1.54, 1.807) is 19.3 Å². The molecule has 0 spiro atoms. The van der Waals surface area contributed by atoms with E-state index in [9.17, 15) is 35.9 Å². The van der Waals surface area contributed by atoms with E-state index in [2.05, 4.69) is 62.3 Å². The average Bonchev–Trinajstić information content (AvgIpc) is 3.50.